The Balaban J connectivity index is 3.25. The summed E-state index contributed by atoms with van der Waals surface area (Å²) < 4.78 is 33.0. The van der Waals surface area contributed by atoms with Crippen LogP contribution in [0.4, 0.5) is 0 Å². The molecule has 0 atom stereocenters. The quantitative estimate of drug-likeness (QED) is 0.782. The van der Waals surface area contributed by atoms with E-state index in [0.29, 0.717) is 0 Å². The van der Waals surface area contributed by atoms with Crippen molar-refractivity contribution in [2.75, 3.05) is 13.4 Å². The van der Waals surface area contributed by atoms with Crippen molar-refractivity contribution in [3.05, 3.63) is 17.7 Å². The minimum absolute atomic E-state index is 0.0452. The number of carbonyl (C=O) groups excluding carboxylic acids is 1. The minimum Gasteiger partial charge on any atom is -0.481 e. The second-order valence-electron chi connectivity index (χ2n) is 5.01. The lowest BCUT2D eigenvalue weighted by Crippen LogP contribution is -2.24. The molecule has 0 spiro atoms. The summed E-state index contributed by atoms with van der Waals surface area (Å²) in [5, 5.41) is -0.229. The second-order valence-corrected chi connectivity index (χ2v) is 6.97. The molecule has 0 unspecified atom stereocenters. The Bertz CT molecular complexity index is 587. The van der Waals surface area contributed by atoms with E-state index in [1.54, 1.807) is 20.8 Å². The van der Waals surface area contributed by atoms with Gasteiger partial charge in [0.25, 0.3) is 0 Å². The lowest BCUT2D eigenvalue weighted by atomic mass is 10.2. The van der Waals surface area contributed by atoms with E-state index < -0.39 is 21.4 Å². The molecule has 0 radical (unpaired) electrons. The van der Waals surface area contributed by atoms with Gasteiger partial charge < -0.3 is 9.47 Å². The topological polar surface area (TPSA) is 82.6 Å². The van der Waals surface area contributed by atoms with Crippen LogP contribution in [-0.4, -0.2) is 38.3 Å². The van der Waals surface area contributed by atoms with Crippen molar-refractivity contribution in [3.63, 3.8) is 0 Å². The first kappa shape index (κ1) is 15.4. The third kappa shape index (κ3) is 4.51. The number of ether oxygens (including phenoxy) is 2. The maximum Gasteiger partial charge on any atom is 0.338 e. The molecular weight excluding hydrogens is 270 g/mol. The molecule has 1 heterocycles. The van der Waals surface area contributed by atoms with Gasteiger partial charge in [0.2, 0.25) is 5.88 Å². The maximum atomic E-state index is 11.9. The molecular formula is C12H17NO5S. The lowest BCUT2D eigenvalue weighted by molar-refractivity contribution is 0.00686. The molecule has 0 amide bonds. The van der Waals surface area contributed by atoms with Gasteiger partial charge in [-0.05, 0) is 26.8 Å². The van der Waals surface area contributed by atoms with E-state index in [-0.39, 0.29) is 16.5 Å². The normalized spacial score (nSPS) is 12.1. The number of hydrogen-bond acceptors (Lipinski definition) is 6. The van der Waals surface area contributed by atoms with Crippen molar-refractivity contribution in [2.45, 2.75) is 31.4 Å². The summed E-state index contributed by atoms with van der Waals surface area (Å²) in [6, 6.07) is 2.51. The largest absolute Gasteiger partial charge is 0.481 e. The van der Waals surface area contributed by atoms with Crippen molar-refractivity contribution in [1.29, 1.82) is 0 Å². The third-order valence-corrected chi connectivity index (χ3v) is 2.97. The number of aromatic nitrogens is 1. The molecule has 1 aromatic rings. The van der Waals surface area contributed by atoms with Gasteiger partial charge in [0.15, 0.2) is 14.9 Å². The molecule has 0 saturated heterocycles. The highest BCUT2D eigenvalue weighted by molar-refractivity contribution is 7.90. The Labute approximate surface area is 112 Å². The first-order valence-corrected chi connectivity index (χ1v) is 7.41. The van der Waals surface area contributed by atoms with Gasteiger partial charge in [0.1, 0.15) is 5.60 Å². The zero-order valence-electron chi connectivity index (χ0n) is 11.6. The molecule has 0 N–H and O–H groups in total. The van der Waals surface area contributed by atoms with E-state index in [0.717, 1.165) is 6.26 Å². The number of carbonyl (C=O) groups is 1. The molecule has 0 aliphatic carbocycles. The van der Waals surface area contributed by atoms with Crippen molar-refractivity contribution in [1.82, 2.24) is 4.98 Å². The summed E-state index contributed by atoms with van der Waals surface area (Å²) in [6.45, 7) is 5.17. The van der Waals surface area contributed by atoms with Gasteiger partial charge >= 0.3 is 5.97 Å². The monoisotopic (exact) mass is 287 g/mol. The fourth-order valence-electron chi connectivity index (χ4n) is 1.23. The summed E-state index contributed by atoms with van der Waals surface area (Å²) in [7, 11) is -2.19. The average molecular weight is 287 g/mol. The summed E-state index contributed by atoms with van der Waals surface area (Å²) in [5.74, 6) is -0.582. The maximum absolute atomic E-state index is 11.9. The molecule has 6 nitrogen and oxygen atoms in total. The summed E-state index contributed by atoms with van der Waals surface area (Å²) >= 11 is 0. The zero-order chi connectivity index (χ0) is 14.8. The summed E-state index contributed by atoms with van der Waals surface area (Å²) in [5.41, 5.74) is -0.582. The van der Waals surface area contributed by atoms with Crippen molar-refractivity contribution in [3.8, 4) is 5.88 Å². The first-order chi connectivity index (χ1) is 8.53. The number of pyridine rings is 1. The fraction of sp³-hybridized carbons (Fsp3) is 0.500. The van der Waals surface area contributed by atoms with Crippen molar-refractivity contribution in [2.24, 2.45) is 0 Å². The number of esters is 1. The summed E-state index contributed by atoms with van der Waals surface area (Å²) in [4.78, 5) is 15.7. The highest BCUT2D eigenvalue weighted by Gasteiger charge is 2.21. The molecule has 7 heteroatoms. The molecule has 19 heavy (non-hydrogen) atoms. The molecule has 1 aromatic heterocycles. The molecule has 0 fully saturated rings. The van der Waals surface area contributed by atoms with Crippen LogP contribution < -0.4 is 4.74 Å². The molecule has 106 valence electrons. The van der Waals surface area contributed by atoms with E-state index in [4.69, 9.17) is 9.47 Å². The highest BCUT2D eigenvalue weighted by Crippen LogP contribution is 2.19. The van der Waals surface area contributed by atoms with Crippen LogP contribution in [0.25, 0.3) is 0 Å². The summed E-state index contributed by atoms with van der Waals surface area (Å²) in [6.07, 6.45) is 1.01. The fourth-order valence-corrected chi connectivity index (χ4v) is 1.83. The Kier molecular flexibility index (Phi) is 4.19. The standard InChI is InChI=1S/C12H17NO5S/c1-12(2,3)18-11(14)8-6-9(17-4)13-10(7-8)19(5,15)16/h6-7H,1-5H3. The molecule has 1 rings (SSSR count). The predicted molar refractivity (Wildman–Crippen MR) is 69.1 cm³/mol. The van der Waals surface area contributed by atoms with Crippen LogP contribution in [0.1, 0.15) is 31.1 Å². The van der Waals surface area contributed by atoms with E-state index in [1.165, 1.54) is 19.2 Å². The van der Waals surface area contributed by atoms with Gasteiger partial charge in [0, 0.05) is 12.3 Å². The molecule has 0 saturated carbocycles. The average Bonchev–Trinajstić information content (AvgIpc) is 2.25. The number of sulfone groups is 1. The zero-order valence-corrected chi connectivity index (χ0v) is 12.4. The third-order valence-electron chi connectivity index (χ3n) is 2.00. The first-order valence-electron chi connectivity index (χ1n) is 5.52. The molecule has 0 aromatic carbocycles. The molecule has 0 aliphatic heterocycles. The van der Waals surface area contributed by atoms with Crippen LogP contribution in [0.5, 0.6) is 5.88 Å². The number of rotatable bonds is 3. The van der Waals surface area contributed by atoms with Gasteiger partial charge in [-0.1, -0.05) is 0 Å². The minimum atomic E-state index is -3.53. The number of nitrogens with zero attached hydrogens (tertiary/aromatic N) is 1. The van der Waals surface area contributed by atoms with E-state index in [2.05, 4.69) is 4.98 Å². The van der Waals surface area contributed by atoms with Gasteiger partial charge in [-0.25, -0.2) is 18.2 Å². The van der Waals surface area contributed by atoms with Crippen molar-refractivity contribution < 1.29 is 22.7 Å². The van der Waals surface area contributed by atoms with E-state index >= 15 is 0 Å². The van der Waals surface area contributed by atoms with Crippen LogP contribution in [0.2, 0.25) is 0 Å². The number of hydrogen-bond donors (Lipinski definition) is 0. The van der Waals surface area contributed by atoms with Gasteiger partial charge in [-0.2, -0.15) is 0 Å². The van der Waals surface area contributed by atoms with Gasteiger partial charge in [-0.3, -0.25) is 0 Å². The molecule has 0 aliphatic rings. The van der Waals surface area contributed by atoms with Crippen LogP contribution in [-0.2, 0) is 14.6 Å². The van der Waals surface area contributed by atoms with Crippen LogP contribution in [0, 0.1) is 0 Å². The second kappa shape index (κ2) is 5.16. The molecule has 0 bridgehead atoms. The van der Waals surface area contributed by atoms with Crippen LogP contribution in [0.15, 0.2) is 17.2 Å². The lowest BCUT2D eigenvalue weighted by Gasteiger charge is -2.19. The predicted octanol–water partition coefficient (Wildman–Crippen LogP) is 1.45. The van der Waals surface area contributed by atoms with E-state index in [1.807, 2.05) is 0 Å². The van der Waals surface area contributed by atoms with Crippen molar-refractivity contribution >= 4 is 15.8 Å². The van der Waals surface area contributed by atoms with Crippen LogP contribution in [0.3, 0.4) is 0 Å². The smallest absolute Gasteiger partial charge is 0.338 e. The Morgan fingerprint density at radius 1 is 1.26 bits per heavy atom. The highest BCUT2D eigenvalue weighted by atomic mass is 32.2. The SMILES string of the molecule is COc1cc(C(=O)OC(C)(C)C)cc(S(C)(=O)=O)n1. The Hall–Kier alpha value is -1.63. The Morgan fingerprint density at radius 2 is 1.84 bits per heavy atom. The van der Waals surface area contributed by atoms with E-state index in [9.17, 15) is 13.2 Å². The number of methoxy groups -OCH3 is 1. The van der Waals surface area contributed by atoms with Gasteiger partial charge in [-0.15, -0.1) is 0 Å². The van der Waals surface area contributed by atoms with Gasteiger partial charge in [0.05, 0.1) is 12.7 Å². The van der Waals surface area contributed by atoms with Crippen LogP contribution >= 0.6 is 0 Å². The Morgan fingerprint density at radius 3 is 2.26 bits per heavy atom.